The third kappa shape index (κ3) is 4.59. The van der Waals surface area contributed by atoms with Crippen molar-refractivity contribution in [3.05, 3.63) is 63.6 Å². The molecule has 0 fully saturated rings. The molecule has 1 atom stereocenters. The topological polar surface area (TPSA) is 107 Å². The lowest BCUT2D eigenvalue weighted by Crippen LogP contribution is -2.48. The number of aldehydes is 1. The van der Waals surface area contributed by atoms with E-state index in [1.807, 2.05) is 0 Å². The summed E-state index contributed by atoms with van der Waals surface area (Å²) in [6, 6.07) is 11.1. The van der Waals surface area contributed by atoms with Gasteiger partial charge in [-0.1, -0.05) is 34.1 Å². The van der Waals surface area contributed by atoms with Crippen LogP contribution >= 0.6 is 15.9 Å². The maximum Gasteiger partial charge on any atom is 0.489 e. The van der Waals surface area contributed by atoms with Gasteiger partial charge < -0.3 is 20.5 Å². The lowest BCUT2D eigenvalue weighted by Gasteiger charge is -2.32. The number of aliphatic hydroxyl groups excluding tert-OH is 1. The summed E-state index contributed by atoms with van der Waals surface area (Å²) in [4.78, 5) is 23.6. The van der Waals surface area contributed by atoms with E-state index in [0.717, 1.165) is 4.47 Å². The van der Waals surface area contributed by atoms with E-state index in [9.17, 15) is 24.7 Å². The predicted octanol–water partition coefficient (Wildman–Crippen LogP) is 1.18. The number of carbonyl (C=O) groups is 2. The molecule has 4 N–H and O–H groups in total. The van der Waals surface area contributed by atoms with Crippen molar-refractivity contribution in [1.82, 2.24) is 5.32 Å². The SMILES string of the molecule is CC(C)(NC(=O)c1ccc(B(O)O)c(C=O)c1)C(O)c1ccc(Br)cc1. The molecular formula is C18H19BBrNO5. The number of rotatable bonds is 6. The van der Waals surface area contributed by atoms with Gasteiger partial charge in [0.15, 0.2) is 0 Å². The average molecular weight is 420 g/mol. The Kier molecular flexibility index (Phi) is 6.36. The molecule has 0 saturated heterocycles. The molecule has 1 unspecified atom stereocenters. The van der Waals surface area contributed by atoms with E-state index in [1.165, 1.54) is 18.2 Å². The lowest BCUT2D eigenvalue weighted by atomic mass is 9.76. The highest BCUT2D eigenvalue weighted by Gasteiger charge is 2.31. The van der Waals surface area contributed by atoms with E-state index in [0.29, 0.717) is 11.8 Å². The Morgan fingerprint density at radius 3 is 2.35 bits per heavy atom. The molecule has 8 heteroatoms. The zero-order chi connectivity index (χ0) is 19.5. The number of carbonyl (C=O) groups excluding carboxylic acids is 2. The molecule has 0 radical (unpaired) electrons. The van der Waals surface area contributed by atoms with Crippen LogP contribution in [0.4, 0.5) is 0 Å². The fourth-order valence-electron chi connectivity index (χ4n) is 2.55. The first-order chi connectivity index (χ1) is 12.2. The van der Waals surface area contributed by atoms with Crippen LogP contribution in [0.15, 0.2) is 46.9 Å². The molecule has 136 valence electrons. The Labute approximate surface area is 160 Å². The Balaban J connectivity index is 2.22. The molecule has 2 aromatic rings. The Morgan fingerprint density at radius 1 is 1.19 bits per heavy atom. The molecule has 0 heterocycles. The molecule has 0 aromatic heterocycles. The van der Waals surface area contributed by atoms with Gasteiger partial charge in [0, 0.05) is 15.6 Å². The van der Waals surface area contributed by atoms with Crippen LogP contribution in [-0.4, -0.2) is 40.0 Å². The van der Waals surface area contributed by atoms with Crippen LogP contribution in [0.1, 0.15) is 46.2 Å². The number of aliphatic hydroxyl groups is 1. The standard InChI is InChI=1S/C18H19BBrNO5/c1-18(2,16(23)11-3-6-14(20)7-4-11)21-17(24)12-5-8-15(19(25)26)13(9-12)10-22/h3-10,16,23,25-26H,1-2H3,(H,21,24). The summed E-state index contributed by atoms with van der Waals surface area (Å²) in [6.45, 7) is 3.37. The van der Waals surface area contributed by atoms with Crippen LogP contribution in [0.2, 0.25) is 0 Å². The molecule has 0 aliphatic heterocycles. The number of halogens is 1. The minimum Gasteiger partial charge on any atom is -0.423 e. The van der Waals surface area contributed by atoms with Gasteiger partial charge in [-0.15, -0.1) is 0 Å². The second kappa shape index (κ2) is 8.13. The highest BCUT2D eigenvalue weighted by molar-refractivity contribution is 9.10. The van der Waals surface area contributed by atoms with E-state index in [4.69, 9.17) is 0 Å². The van der Waals surface area contributed by atoms with E-state index in [-0.39, 0.29) is 16.6 Å². The van der Waals surface area contributed by atoms with Crippen LogP contribution in [0.5, 0.6) is 0 Å². The van der Waals surface area contributed by atoms with Gasteiger partial charge in [0.05, 0.1) is 5.54 Å². The summed E-state index contributed by atoms with van der Waals surface area (Å²) in [5, 5.41) is 31.8. The fourth-order valence-corrected chi connectivity index (χ4v) is 2.81. The van der Waals surface area contributed by atoms with E-state index in [2.05, 4.69) is 21.2 Å². The summed E-state index contributed by atoms with van der Waals surface area (Å²) in [7, 11) is -1.80. The Bertz CT molecular complexity index is 808. The summed E-state index contributed by atoms with van der Waals surface area (Å²) in [5.41, 5.74) is -0.135. The van der Waals surface area contributed by atoms with Crippen LogP contribution in [0.25, 0.3) is 0 Å². The smallest absolute Gasteiger partial charge is 0.423 e. The third-order valence-electron chi connectivity index (χ3n) is 4.06. The van der Waals surface area contributed by atoms with Gasteiger partial charge in [-0.05, 0) is 49.1 Å². The van der Waals surface area contributed by atoms with Crippen LogP contribution in [0, 0.1) is 0 Å². The number of amides is 1. The summed E-state index contributed by atoms with van der Waals surface area (Å²) < 4.78 is 0.878. The van der Waals surface area contributed by atoms with Crippen LogP contribution in [-0.2, 0) is 0 Å². The van der Waals surface area contributed by atoms with E-state index in [1.54, 1.807) is 38.1 Å². The molecule has 6 nitrogen and oxygen atoms in total. The monoisotopic (exact) mass is 419 g/mol. The number of hydrogen-bond acceptors (Lipinski definition) is 5. The van der Waals surface area contributed by atoms with Crippen LogP contribution in [0.3, 0.4) is 0 Å². The molecule has 2 rings (SSSR count). The maximum atomic E-state index is 12.5. The largest absolute Gasteiger partial charge is 0.489 e. The number of benzene rings is 2. The second-order valence-corrected chi connectivity index (χ2v) is 7.38. The molecule has 0 bridgehead atoms. The minimum absolute atomic E-state index is 0.0129. The third-order valence-corrected chi connectivity index (χ3v) is 4.59. The highest BCUT2D eigenvalue weighted by atomic mass is 79.9. The Morgan fingerprint density at radius 2 is 1.81 bits per heavy atom. The van der Waals surface area contributed by atoms with Crippen molar-refractivity contribution in [3.8, 4) is 0 Å². The quantitative estimate of drug-likeness (QED) is 0.415. The maximum absolute atomic E-state index is 12.5. The molecule has 0 aliphatic rings. The van der Waals surface area contributed by atoms with Crippen molar-refractivity contribution in [2.75, 3.05) is 0 Å². The predicted molar refractivity (Wildman–Crippen MR) is 102 cm³/mol. The van der Waals surface area contributed by atoms with Gasteiger partial charge in [-0.25, -0.2) is 0 Å². The van der Waals surface area contributed by atoms with Crippen LogP contribution < -0.4 is 10.8 Å². The molecule has 0 spiro atoms. The fraction of sp³-hybridized carbons (Fsp3) is 0.222. The lowest BCUT2D eigenvalue weighted by molar-refractivity contribution is 0.0634. The van der Waals surface area contributed by atoms with Gasteiger partial charge in [0.2, 0.25) is 0 Å². The van der Waals surface area contributed by atoms with Crippen molar-refractivity contribution in [2.45, 2.75) is 25.5 Å². The Hall–Kier alpha value is -2.00. The van der Waals surface area contributed by atoms with Gasteiger partial charge >= 0.3 is 7.12 Å². The van der Waals surface area contributed by atoms with Gasteiger partial charge in [-0.2, -0.15) is 0 Å². The molecule has 1 amide bonds. The first kappa shape index (κ1) is 20.3. The second-order valence-electron chi connectivity index (χ2n) is 6.47. The first-order valence-electron chi connectivity index (χ1n) is 7.87. The summed E-state index contributed by atoms with van der Waals surface area (Å²) >= 11 is 3.33. The average Bonchev–Trinajstić information content (AvgIpc) is 2.60. The van der Waals surface area contributed by atoms with E-state index >= 15 is 0 Å². The summed E-state index contributed by atoms with van der Waals surface area (Å²) in [6.07, 6.45) is -0.503. The molecular weight excluding hydrogens is 401 g/mol. The van der Waals surface area contributed by atoms with E-state index < -0.39 is 24.7 Å². The summed E-state index contributed by atoms with van der Waals surface area (Å²) in [5.74, 6) is -0.492. The van der Waals surface area contributed by atoms with Crippen molar-refractivity contribution in [2.24, 2.45) is 0 Å². The number of hydrogen-bond donors (Lipinski definition) is 4. The van der Waals surface area contributed by atoms with Crippen molar-refractivity contribution < 1.29 is 24.7 Å². The number of nitrogens with one attached hydrogen (secondary N) is 1. The minimum atomic E-state index is -1.80. The zero-order valence-electron chi connectivity index (χ0n) is 14.3. The highest BCUT2D eigenvalue weighted by Crippen LogP contribution is 2.27. The molecule has 0 aliphatic carbocycles. The zero-order valence-corrected chi connectivity index (χ0v) is 15.9. The first-order valence-corrected chi connectivity index (χ1v) is 8.66. The molecule has 0 saturated carbocycles. The van der Waals surface area contributed by atoms with Crippen molar-refractivity contribution in [3.63, 3.8) is 0 Å². The normalized spacial score (nSPS) is 12.4. The molecule has 26 heavy (non-hydrogen) atoms. The van der Waals surface area contributed by atoms with Crippen molar-refractivity contribution >= 4 is 40.7 Å². The van der Waals surface area contributed by atoms with Gasteiger partial charge in [-0.3, -0.25) is 9.59 Å². The van der Waals surface area contributed by atoms with Gasteiger partial charge in [0.1, 0.15) is 12.4 Å². The van der Waals surface area contributed by atoms with Gasteiger partial charge in [0.25, 0.3) is 5.91 Å². The molecule has 2 aromatic carbocycles. The van der Waals surface area contributed by atoms with Crippen molar-refractivity contribution in [1.29, 1.82) is 0 Å².